The quantitative estimate of drug-likeness (QED) is 0.256. The number of benzene rings is 1. The number of hydrogen-bond donors (Lipinski definition) is 2. The van der Waals surface area contributed by atoms with Crippen molar-refractivity contribution in [3.63, 3.8) is 0 Å². The van der Waals surface area contributed by atoms with E-state index in [1.807, 2.05) is 36.4 Å². The van der Waals surface area contributed by atoms with Crippen LogP contribution in [0.4, 0.5) is 11.4 Å². The fourth-order valence-corrected chi connectivity index (χ4v) is 10.2. The molecule has 2 heterocycles. The van der Waals surface area contributed by atoms with Crippen molar-refractivity contribution in [3.05, 3.63) is 87.9 Å². The van der Waals surface area contributed by atoms with E-state index in [0.717, 1.165) is 48.2 Å². The Bertz CT molecular complexity index is 2060. The molecule has 2 amide bonds. The molecule has 7 rings (SSSR count). The first kappa shape index (κ1) is 39.8. The first-order valence-electron chi connectivity index (χ1n) is 21.2. The van der Waals surface area contributed by atoms with Gasteiger partial charge in [-0.2, -0.15) is 0 Å². The Morgan fingerprint density at radius 1 is 0.821 bits per heavy atom. The third kappa shape index (κ3) is 6.75. The number of amides is 2. The SMILES string of the molecule is CC(C)N1C2=CC(=NC(=O)/C=C/C3CCCC3)/C(=C3/C(=O)C(c4cc5c(cc4NC(=O)/C=C/C4CCCC4)N(C(C)C)C(C)C5(C)C)=C3O)C=C2C(C)(C)C1C. The molecule has 1 aromatic rings. The van der Waals surface area contributed by atoms with Gasteiger partial charge in [0.15, 0.2) is 0 Å². The van der Waals surface area contributed by atoms with Crippen molar-refractivity contribution >= 4 is 40.3 Å². The molecule has 3 fully saturated rings. The van der Waals surface area contributed by atoms with Crippen LogP contribution in [0.25, 0.3) is 5.57 Å². The smallest absolute Gasteiger partial charge is 0.269 e. The van der Waals surface area contributed by atoms with Crippen molar-refractivity contribution in [2.45, 2.75) is 150 Å². The van der Waals surface area contributed by atoms with Crippen molar-refractivity contribution in [2.24, 2.45) is 22.2 Å². The topological polar surface area (TPSA) is 102 Å². The molecule has 4 aliphatic carbocycles. The molecule has 0 aromatic heterocycles. The first-order valence-corrected chi connectivity index (χ1v) is 21.2. The number of fused-ring (bicyclic) bond motifs is 2. The van der Waals surface area contributed by atoms with Crippen molar-refractivity contribution in [3.8, 4) is 0 Å². The summed E-state index contributed by atoms with van der Waals surface area (Å²) in [5, 5.41) is 15.2. The largest absolute Gasteiger partial charge is 0.506 e. The number of Topliss-reactive ketones (excluding diaryl/α,β-unsaturated/α-hetero) is 1. The molecule has 56 heavy (non-hydrogen) atoms. The molecule has 8 nitrogen and oxygen atoms in total. The average molecular weight is 759 g/mol. The molecule has 2 unspecified atom stereocenters. The van der Waals surface area contributed by atoms with Crippen LogP contribution in [0.3, 0.4) is 0 Å². The molecule has 298 valence electrons. The van der Waals surface area contributed by atoms with Gasteiger partial charge in [-0.1, -0.05) is 65.5 Å². The number of hydrogen-bond acceptors (Lipinski definition) is 6. The summed E-state index contributed by atoms with van der Waals surface area (Å²) in [5.74, 6) is -0.343. The van der Waals surface area contributed by atoms with Gasteiger partial charge >= 0.3 is 0 Å². The van der Waals surface area contributed by atoms with Gasteiger partial charge in [0, 0.05) is 63.6 Å². The number of carbonyl (C=O) groups excluding carboxylic acids is 3. The summed E-state index contributed by atoms with van der Waals surface area (Å²) in [5.41, 5.74) is 5.70. The molecule has 2 N–H and O–H groups in total. The van der Waals surface area contributed by atoms with Gasteiger partial charge in [-0.15, -0.1) is 0 Å². The first-order chi connectivity index (χ1) is 26.4. The molecule has 0 spiro atoms. The van der Waals surface area contributed by atoms with Crippen LogP contribution in [0.1, 0.15) is 132 Å². The van der Waals surface area contributed by atoms with Crippen LogP contribution < -0.4 is 10.2 Å². The lowest BCUT2D eigenvalue weighted by atomic mass is 9.73. The molecular formula is C48H62N4O4. The highest BCUT2D eigenvalue weighted by atomic mass is 16.3. The second kappa shape index (κ2) is 14.8. The zero-order valence-electron chi connectivity index (χ0n) is 35.3. The number of likely N-dealkylation sites (tertiary alicyclic amines) is 1. The fraction of sp³-hybridized carbons (Fsp3) is 0.542. The number of nitrogens with zero attached hydrogens (tertiary/aromatic N) is 3. The summed E-state index contributed by atoms with van der Waals surface area (Å²) in [4.78, 5) is 51.0. The van der Waals surface area contributed by atoms with Crippen LogP contribution in [-0.2, 0) is 19.8 Å². The highest BCUT2D eigenvalue weighted by molar-refractivity contribution is 6.42. The van der Waals surface area contributed by atoms with E-state index in [4.69, 9.17) is 0 Å². The van der Waals surface area contributed by atoms with E-state index in [1.165, 1.54) is 25.7 Å². The number of carbonyl (C=O) groups is 3. The Hall–Kier alpha value is -4.46. The van der Waals surface area contributed by atoms with E-state index in [2.05, 4.69) is 89.3 Å². The van der Waals surface area contributed by atoms with Crippen LogP contribution in [0.15, 0.2) is 81.8 Å². The zero-order valence-corrected chi connectivity index (χ0v) is 35.3. The summed E-state index contributed by atoms with van der Waals surface area (Å²) in [6, 6.07) is 4.70. The number of allylic oxidation sites excluding steroid dienone is 8. The summed E-state index contributed by atoms with van der Waals surface area (Å²) in [6.07, 6.45) is 20.1. The molecule has 0 radical (unpaired) electrons. The Labute approximate surface area is 334 Å². The summed E-state index contributed by atoms with van der Waals surface area (Å²) in [6.45, 7) is 21.9. The second-order valence-electron chi connectivity index (χ2n) is 18.8. The number of anilines is 2. The maximum Gasteiger partial charge on any atom is 0.269 e. The monoisotopic (exact) mass is 758 g/mol. The molecular weight excluding hydrogens is 697 g/mol. The summed E-state index contributed by atoms with van der Waals surface area (Å²) < 4.78 is 0. The number of nitrogens with one attached hydrogen (secondary N) is 1. The van der Waals surface area contributed by atoms with E-state index in [0.29, 0.717) is 34.4 Å². The normalized spacial score (nSPS) is 27.0. The van der Waals surface area contributed by atoms with Gasteiger partial charge in [-0.05, 0) is 121 Å². The molecule has 6 aliphatic rings. The van der Waals surface area contributed by atoms with E-state index in [-0.39, 0.29) is 69.5 Å². The third-order valence-electron chi connectivity index (χ3n) is 14.0. The average Bonchev–Trinajstić information content (AvgIpc) is 3.92. The second-order valence-corrected chi connectivity index (χ2v) is 18.8. The molecule has 2 atom stereocenters. The molecule has 2 saturated carbocycles. The van der Waals surface area contributed by atoms with Gasteiger partial charge in [0.05, 0.1) is 22.5 Å². The Morgan fingerprint density at radius 3 is 1.96 bits per heavy atom. The number of rotatable bonds is 8. The van der Waals surface area contributed by atoms with Gasteiger partial charge in [-0.25, -0.2) is 4.99 Å². The van der Waals surface area contributed by atoms with E-state index >= 15 is 0 Å². The minimum Gasteiger partial charge on any atom is -0.506 e. The minimum absolute atomic E-state index is 0.147. The summed E-state index contributed by atoms with van der Waals surface area (Å²) in [7, 11) is 0. The van der Waals surface area contributed by atoms with Gasteiger partial charge in [0.2, 0.25) is 11.7 Å². The van der Waals surface area contributed by atoms with Gasteiger partial charge in [0.1, 0.15) is 5.76 Å². The molecule has 8 heteroatoms. The van der Waals surface area contributed by atoms with Crippen molar-refractivity contribution in [1.82, 2.24) is 4.90 Å². The third-order valence-corrected chi connectivity index (χ3v) is 14.0. The number of aliphatic hydroxyl groups excluding tert-OH is 1. The van der Waals surface area contributed by atoms with E-state index < -0.39 is 0 Å². The number of aliphatic hydroxyl groups is 1. The zero-order chi connectivity index (χ0) is 40.4. The Kier molecular flexibility index (Phi) is 10.5. The van der Waals surface area contributed by atoms with Crippen LogP contribution in [0, 0.1) is 17.3 Å². The fourth-order valence-electron chi connectivity index (χ4n) is 10.2. The van der Waals surface area contributed by atoms with Gasteiger partial charge in [0.25, 0.3) is 5.91 Å². The van der Waals surface area contributed by atoms with Crippen LogP contribution >= 0.6 is 0 Å². The van der Waals surface area contributed by atoms with Crippen molar-refractivity contribution in [1.29, 1.82) is 0 Å². The molecule has 1 aromatic carbocycles. The minimum atomic E-state index is -0.379. The van der Waals surface area contributed by atoms with Crippen molar-refractivity contribution < 1.29 is 19.5 Å². The predicted octanol–water partition coefficient (Wildman–Crippen LogP) is 10.1. The highest BCUT2D eigenvalue weighted by Crippen LogP contribution is 2.53. The summed E-state index contributed by atoms with van der Waals surface area (Å²) >= 11 is 0. The standard InChI is InChI=1S/C48H62N4O4/c1-27(2)51-29(5)47(7,8)35-23-33(37(25-39(35)51)49-41(53)21-19-31-15-11-12-16-31)43-45(55)44(46(43)56)34-24-36-40(52(28(3)4)30(6)48(36,9)10)26-38(34)50-42(54)22-20-32-17-13-14-18-32/h19-32,55H,11-18H2,1-10H3,(H,49,53)/b21-19+,22-20+,44-34+,50-38?. The number of ketones is 1. The van der Waals surface area contributed by atoms with Gasteiger partial charge in [-0.3, -0.25) is 14.4 Å². The molecule has 1 saturated heterocycles. The Morgan fingerprint density at radius 2 is 1.39 bits per heavy atom. The maximum absolute atomic E-state index is 14.7. The Balaban J connectivity index is 1.37. The predicted molar refractivity (Wildman–Crippen MR) is 228 cm³/mol. The highest BCUT2D eigenvalue weighted by Gasteiger charge is 2.49. The van der Waals surface area contributed by atoms with Crippen LogP contribution in [0.2, 0.25) is 0 Å². The van der Waals surface area contributed by atoms with Crippen LogP contribution in [-0.4, -0.2) is 57.5 Å². The lowest BCUT2D eigenvalue weighted by Gasteiger charge is -2.34. The number of aliphatic imine (C=N–C) groups is 1. The van der Waals surface area contributed by atoms with E-state index in [9.17, 15) is 19.5 Å². The van der Waals surface area contributed by atoms with Crippen molar-refractivity contribution in [2.75, 3.05) is 10.2 Å². The molecule has 2 aliphatic heterocycles. The van der Waals surface area contributed by atoms with Gasteiger partial charge < -0.3 is 20.2 Å². The lowest BCUT2D eigenvalue weighted by molar-refractivity contribution is -0.113. The van der Waals surface area contributed by atoms with Crippen LogP contribution in [0.5, 0.6) is 0 Å². The maximum atomic E-state index is 14.7. The lowest BCUT2D eigenvalue weighted by Crippen LogP contribution is -2.42. The van der Waals surface area contributed by atoms with E-state index in [1.54, 1.807) is 12.2 Å². The molecule has 0 bridgehead atoms.